The highest BCUT2D eigenvalue weighted by Gasteiger charge is 2.31. The summed E-state index contributed by atoms with van der Waals surface area (Å²) < 4.78 is 0. The van der Waals surface area contributed by atoms with Gasteiger partial charge in [-0.05, 0) is 40.3 Å². The van der Waals surface area contributed by atoms with Gasteiger partial charge in [-0.25, -0.2) is 9.97 Å². The van der Waals surface area contributed by atoms with Crippen LogP contribution in [0.15, 0.2) is 36.4 Å². The van der Waals surface area contributed by atoms with E-state index in [1.807, 2.05) is 18.2 Å². The van der Waals surface area contributed by atoms with Crippen molar-refractivity contribution in [2.24, 2.45) is 0 Å². The summed E-state index contributed by atoms with van der Waals surface area (Å²) in [4.78, 5) is 17.1. The van der Waals surface area contributed by atoms with Crippen molar-refractivity contribution in [3.63, 3.8) is 0 Å². The zero-order chi connectivity index (χ0) is 18.8. The minimum atomic E-state index is 0.723. The molecule has 0 saturated carbocycles. The van der Waals surface area contributed by atoms with Gasteiger partial charge in [-0.2, -0.15) is 0 Å². The summed E-state index contributed by atoms with van der Waals surface area (Å²) in [6.07, 6.45) is 3.76. The van der Waals surface area contributed by atoms with Crippen LogP contribution in [0, 0.1) is 6.92 Å². The summed E-state index contributed by atoms with van der Waals surface area (Å²) in [6.45, 7) is 6.70. The van der Waals surface area contributed by atoms with E-state index < -0.39 is 0 Å². The minimum absolute atomic E-state index is 0.723. The summed E-state index contributed by atoms with van der Waals surface area (Å²) in [7, 11) is 4.41. The Balaban J connectivity index is 1.42. The molecule has 2 fully saturated rings. The van der Waals surface area contributed by atoms with Crippen LogP contribution in [0.1, 0.15) is 25.0 Å². The Kier molecular flexibility index (Phi) is 5.41. The summed E-state index contributed by atoms with van der Waals surface area (Å²) in [5.74, 6) is 1.91. The minimum Gasteiger partial charge on any atom is -0.356 e. The molecule has 0 spiro atoms. The molecule has 4 rings (SSSR count). The number of piperidine rings is 1. The molecular formula is C22H31N5. The third-order valence-electron chi connectivity index (χ3n) is 6.10. The summed E-state index contributed by atoms with van der Waals surface area (Å²) in [6, 6.07) is 13.9. The van der Waals surface area contributed by atoms with E-state index in [0.717, 1.165) is 48.1 Å². The lowest BCUT2D eigenvalue weighted by molar-refractivity contribution is 0.189. The van der Waals surface area contributed by atoms with Gasteiger partial charge in [-0.3, -0.25) is 4.90 Å². The molecule has 2 aromatic rings. The van der Waals surface area contributed by atoms with Crippen molar-refractivity contribution in [2.45, 2.75) is 38.3 Å². The molecule has 1 aromatic carbocycles. The van der Waals surface area contributed by atoms with Gasteiger partial charge in [0.05, 0.1) is 0 Å². The molecule has 1 aromatic heterocycles. The average molecular weight is 366 g/mol. The maximum Gasteiger partial charge on any atom is 0.161 e. The van der Waals surface area contributed by atoms with Crippen LogP contribution in [-0.2, 0) is 0 Å². The normalized spacial score (nSPS) is 21.9. The van der Waals surface area contributed by atoms with Crippen molar-refractivity contribution in [3.8, 4) is 11.4 Å². The molecule has 0 amide bonds. The van der Waals surface area contributed by atoms with Crippen LogP contribution in [0.25, 0.3) is 11.4 Å². The number of aryl methyl sites for hydroxylation is 1. The maximum absolute atomic E-state index is 4.88. The molecule has 0 radical (unpaired) electrons. The van der Waals surface area contributed by atoms with Crippen molar-refractivity contribution in [1.82, 2.24) is 19.8 Å². The van der Waals surface area contributed by atoms with E-state index >= 15 is 0 Å². The summed E-state index contributed by atoms with van der Waals surface area (Å²) in [5, 5.41) is 0. The number of nitrogens with zero attached hydrogens (tertiary/aromatic N) is 5. The van der Waals surface area contributed by atoms with Crippen molar-refractivity contribution in [1.29, 1.82) is 0 Å². The number of likely N-dealkylation sites (N-methyl/N-ethyl adjacent to an activating group) is 1. The molecule has 2 aliphatic heterocycles. The van der Waals surface area contributed by atoms with Crippen LogP contribution >= 0.6 is 0 Å². The van der Waals surface area contributed by atoms with Crippen molar-refractivity contribution >= 4 is 5.82 Å². The first kappa shape index (κ1) is 18.4. The summed E-state index contributed by atoms with van der Waals surface area (Å²) in [5.41, 5.74) is 2.12. The second-order valence-corrected chi connectivity index (χ2v) is 8.18. The molecule has 0 unspecified atom stereocenters. The SMILES string of the molecule is Cc1cc(N2CCC(N3CC[C@H](N(C)C)C3)CC2)nc(-c2ccccc2)n1. The fraction of sp³-hybridized carbons (Fsp3) is 0.545. The molecular weight excluding hydrogens is 334 g/mol. The van der Waals surface area contributed by atoms with E-state index in [-0.39, 0.29) is 0 Å². The predicted molar refractivity (Wildman–Crippen MR) is 111 cm³/mol. The molecule has 2 saturated heterocycles. The Labute approximate surface area is 163 Å². The van der Waals surface area contributed by atoms with Crippen molar-refractivity contribution < 1.29 is 0 Å². The lowest BCUT2D eigenvalue weighted by Crippen LogP contribution is -2.45. The Hall–Kier alpha value is -1.98. The molecule has 3 heterocycles. The van der Waals surface area contributed by atoms with Crippen molar-refractivity contribution in [2.75, 3.05) is 45.2 Å². The van der Waals surface area contributed by atoms with Gasteiger partial charge in [0.2, 0.25) is 0 Å². The molecule has 0 aliphatic carbocycles. The lowest BCUT2D eigenvalue weighted by Gasteiger charge is -2.37. The van der Waals surface area contributed by atoms with Crippen LogP contribution in [-0.4, -0.2) is 72.1 Å². The molecule has 0 bridgehead atoms. The number of likely N-dealkylation sites (tertiary alicyclic amines) is 1. The Morgan fingerprint density at radius 3 is 2.37 bits per heavy atom. The van der Waals surface area contributed by atoms with Gasteiger partial charge < -0.3 is 9.80 Å². The van der Waals surface area contributed by atoms with Gasteiger partial charge in [0, 0.05) is 55.6 Å². The fourth-order valence-electron chi connectivity index (χ4n) is 4.41. The average Bonchev–Trinajstić information content (AvgIpc) is 3.19. The van der Waals surface area contributed by atoms with E-state index in [2.05, 4.69) is 58.9 Å². The number of hydrogen-bond acceptors (Lipinski definition) is 5. The molecule has 1 atom stereocenters. The van der Waals surface area contributed by atoms with Crippen LogP contribution < -0.4 is 4.90 Å². The zero-order valence-corrected chi connectivity index (χ0v) is 16.8. The van der Waals surface area contributed by atoms with Gasteiger partial charge in [-0.15, -0.1) is 0 Å². The number of anilines is 1. The van der Waals surface area contributed by atoms with Crippen LogP contribution in [0.2, 0.25) is 0 Å². The number of aromatic nitrogens is 2. The molecule has 5 heteroatoms. The van der Waals surface area contributed by atoms with Gasteiger partial charge in [0.15, 0.2) is 5.82 Å². The lowest BCUT2D eigenvalue weighted by atomic mass is 10.0. The highest BCUT2D eigenvalue weighted by molar-refractivity contribution is 5.57. The van der Waals surface area contributed by atoms with Crippen LogP contribution in [0.4, 0.5) is 5.82 Å². The number of benzene rings is 1. The Morgan fingerprint density at radius 1 is 0.963 bits per heavy atom. The van der Waals surface area contributed by atoms with E-state index in [0.29, 0.717) is 0 Å². The van der Waals surface area contributed by atoms with Gasteiger partial charge in [0.1, 0.15) is 5.82 Å². The van der Waals surface area contributed by atoms with E-state index in [1.54, 1.807) is 0 Å². The third kappa shape index (κ3) is 4.14. The molecule has 5 nitrogen and oxygen atoms in total. The zero-order valence-electron chi connectivity index (χ0n) is 16.8. The number of rotatable bonds is 4. The number of hydrogen-bond donors (Lipinski definition) is 0. The summed E-state index contributed by atoms with van der Waals surface area (Å²) >= 11 is 0. The van der Waals surface area contributed by atoms with Crippen LogP contribution in [0.3, 0.4) is 0 Å². The predicted octanol–water partition coefficient (Wildman–Crippen LogP) is 3.06. The standard InChI is InChI=1S/C22H31N5/c1-17-15-21(24-22(23-17)18-7-5-4-6-8-18)26-12-9-19(10-13-26)27-14-11-20(16-27)25(2)3/h4-8,15,19-20H,9-14,16H2,1-3H3/t20-/m0/s1. The van der Waals surface area contributed by atoms with Gasteiger partial charge >= 0.3 is 0 Å². The van der Waals surface area contributed by atoms with Gasteiger partial charge in [-0.1, -0.05) is 30.3 Å². The molecule has 27 heavy (non-hydrogen) atoms. The van der Waals surface area contributed by atoms with Gasteiger partial charge in [0.25, 0.3) is 0 Å². The topological polar surface area (TPSA) is 35.5 Å². The second kappa shape index (κ2) is 7.95. The van der Waals surface area contributed by atoms with E-state index in [1.165, 1.54) is 32.4 Å². The first-order chi connectivity index (χ1) is 13.1. The van der Waals surface area contributed by atoms with Crippen molar-refractivity contribution in [3.05, 3.63) is 42.1 Å². The maximum atomic E-state index is 4.88. The smallest absolute Gasteiger partial charge is 0.161 e. The quantitative estimate of drug-likeness (QED) is 0.832. The highest BCUT2D eigenvalue weighted by atomic mass is 15.3. The van der Waals surface area contributed by atoms with Crippen LogP contribution in [0.5, 0.6) is 0 Å². The fourth-order valence-corrected chi connectivity index (χ4v) is 4.41. The molecule has 0 N–H and O–H groups in total. The molecule has 144 valence electrons. The van der Waals surface area contributed by atoms with E-state index in [4.69, 9.17) is 4.98 Å². The third-order valence-corrected chi connectivity index (χ3v) is 6.10. The first-order valence-electron chi connectivity index (χ1n) is 10.2. The second-order valence-electron chi connectivity index (χ2n) is 8.18. The first-order valence-corrected chi connectivity index (χ1v) is 10.2. The van der Waals surface area contributed by atoms with E-state index in [9.17, 15) is 0 Å². The molecule has 2 aliphatic rings. The Morgan fingerprint density at radius 2 is 1.70 bits per heavy atom. The highest BCUT2D eigenvalue weighted by Crippen LogP contribution is 2.26. The monoisotopic (exact) mass is 365 g/mol. The Bertz CT molecular complexity index is 753. The largest absolute Gasteiger partial charge is 0.356 e.